The summed E-state index contributed by atoms with van der Waals surface area (Å²) in [5, 5.41) is 5.58. The van der Waals surface area contributed by atoms with Crippen LogP contribution in [0.25, 0.3) is 0 Å². The Hall–Kier alpha value is -3.74. The second kappa shape index (κ2) is 8.52. The third-order valence-corrected chi connectivity index (χ3v) is 4.49. The van der Waals surface area contributed by atoms with Gasteiger partial charge in [-0.3, -0.25) is 14.4 Å². The predicted octanol–water partition coefficient (Wildman–Crippen LogP) is 3.27. The van der Waals surface area contributed by atoms with Crippen molar-refractivity contribution in [2.24, 2.45) is 7.05 Å². The summed E-state index contributed by atoms with van der Waals surface area (Å²) in [4.78, 5) is 36.2. The quantitative estimate of drug-likeness (QED) is 0.698. The monoisotopic (exact) mass is 393 g/mol. The van der Waals surface area contributed by atoms with Gasteiger partial charge in [0.1, 0.15) is 5.82 Å². The van der Waals surface area contributed by atoms with Crippen molar-refractivity contribution in [2.45, 2.75) is 13.0 Å². The lowest BCUT2D eigenvalue weighted by atomic mass is 10.1. The van der Waals surface area contributed by atoms with Gasteiger partial charge in [0.05, 0.1) is 6.04 Å². The van der Waals surface area contributed by atoms with Crippen LogP contribution < -0.4 is 16.2 Å². The number of anilines is 1. The van der Waals surface area contributed by atoms with E-state index < -0.39 is 5.82 Å². The minimum absolute atomic E-state index is 0.258. The number of benzene rings is 2. The first-order valence-electron chi connectivity index (χ1n) is 8.98. The van der Waals surface area contributed by atoms with Gasteiger partial charge in [-0.05, 0) is 55.0 Å². The second-order valence-electron chi connectivity index (χ2n) is 6.64. The van der Waals surface area contributed by atoms with Crippen molar-refractivity contribution in [1.82, 2.24) is 9.88 Å². The molecule has 1 heterocycles. The van der Waals surface area contributed by atoms with Crippen LogP contribution in [-0.2, 0) is 7.05 Å². The van der Waals surface area contributed by atoms with Crippen molar-refractivity contribution in [3.8, 4) is 0 Å². The van der Waals surface area contributed by atoms with E-state index in [1.807, 2.05) is 6.92 Å². The third-order valence-electron chi connectivity index (χ3n) is 4.49. The average molecular weight is 393 g/mol. The summed E-state index contributed by atoms with van der Waals surface area (Å²) in [5.41, 5.74) is 1.80. The Kier molecular flexibility index (Phi) is 5.87. The summed E-state index contributed by atoms with van der Waals surface area (Å²) in [6.07, 6.45) is 1.54. The molecule has 0 aliphatic rings. The van der Waals surface area contributed by atoms with Crippen molar-refractivity contribution in [1.29, 1.82) is 0 Å². The highest BCUT2D eigenvalue weighted by Crippen LogP contribution is 2.17. The summed E-state index contributed by atoms with van der Waals surface area (Å²) in [7, 11) is 1.61. The van der Waals surface area contributed by atoms with Crippen LogP contribution in [0, 0.1) is 5.82 Å². The van der Waals surface area contributed by atoms with Gasteiger partial charge in [-0.2, -0.15) is 0 Å². The lowest BCUT2D eigenvalue weighted by Crippen LogP contribution is -2.28. The Morgan fingerprint density at radius 2 is 1.59 bits per heavy atom. The topological polar surface area (TPSA) is 80.2 Å². The van der Waals surface area contributed by atoms with E-state index in [-0.39, 0.29) is 23.4 Å². The summed E-state index contributed by atoms with van der Waals surface area (Å²) < 4.78 is 14.3. The first-order valence-corrected chi connectivity index (χ1v) is 8.98. The number of nitrogens with one attached hydrogen (secondary N) is 2. The van der Waals surface area contributed by atoms with Crippen molar-refractivity contribution in [3.63, 3.8) is 0 Å². The molecule has 0 saturated heterocycles. The fourth-order valence-electron chi connectivity index (χ4n) is 2.71. The molecule has 0 saturated carbocycles. The maximum atomic E-state index is 13.0. The molecule has 0 spiro atoms. The maximum absolute atomic E-state index is 13.0. The molecule has 1 unspecified atom stereocenters. The number of carbonyl (C=O) groups is 2. The largest absolute Gasteiger partial charge is 0.346 e. The van der Waals surface area contributed by atoms with E-state index >= 15 is 0 Å². The lowest BCUT2D eigenvalue weighted by Gasteiger charge is -2.15. The zero-order valence-electron chi connectivity index (χ0n) is 16.0. The van der Waals surface area contributed by atoms with Crippen molar-refractivity contribution in [2.75, 3.05) is 5.32 Å². The van der Waals surface area contributed by atoms with Gasteiger partial charge in [0.15, 0.2) is 0 Å². The number of carbonyl (C=O) groups excluding carboxylic acids is 2. The lowest BCUT2D eigenvalue weighted by molar-refractivity contribution is 0.0939. The number of rotatable bonds is 5. The van der Waals surface area contributed by atoms with Crippen LogP contribution in [-0.4, -0.2) is 16.4 Å². The molecule has 0 aliphatic heterocycles. The van der Waals surface area contributed by atoms with Gasteiger partial charge in [-0.15, -0.1) is 0 Å². The van der Waals surface area contributed by atoms with E-state index in [1.165, 1.54) is 34.9 Å². The van der Waals surface area contributed by atoms with Gasteiger partial charge in [0.25, 0.3) is 17.4 Å². The number of amides is 2. The molecule has 29 heavy (non-hydrogen) atoms. The molecule has 6 nitrogen and oxygen atoms in total. The van der Waals surface area contributed by atoms with Crippen molar-refractivity contribution >= 4 is 17.5 Å². The number of aryl methyl sites for hydroxylation is 1. The van der Waals surface area contributed by atoms with Crippen molar-refractivity contribution < 1.29 is 14.0 Å². The molecule has 3 aromatic rings. The molecular formula is C22H20FN3O3. The number of halogens is 1. The van der Waals surface area contributed by atoms with E-state index in [0.717, 1.165) is 5.56 Å². The van der Waals surface area contributed by atoms with Gasteiger partial charge in [-0.1, -0.05) is 12.1 Å². The van der Waals surface area contributed by atoms with Gasteiger partial charge in [0, 0.05) is 36.1 Å². The Bertz CT molecular complexity index is 1090. The summed E-state index contributed by atoms with van der Waals surface area (Å²) >= 11 is 0. The third kappa shape index (κ3) is 4.95. The maximum Gasteiger partial charge on any atom is 0.255 e. The van der Waals surface area contributed by atoms with Gasteiger partial charge < -0.3 is 15.2 Å². The van der Waals surface area contributed by atoms with E-state index in [1.54, 1.807) is 43.6 Å². The molecule has 0 bridgehead atoms. The number of hydrogen-bond acceptors (Lipinski definition) is 3. The number of pyridine rings is 1. The molecule has 148 valence electrons. The Labute approximate surface area is 167 Å². The SMILES string of the molecule is CC(NC(=O)c1ccn(C)c(=O)c1)c1ccc(NC(=O)c2ccc(F)cc2)cc1. The molecule has 0 aliphatic carbocycles. The minimum atomic E-state index is -0.405. The minimum Gasteiger partial charge on any atom is -0.346 e. The van der Waals surface area contributed by atoms with Crippen molar-refractivity contribution in [3.05, 3.63) is 99.7 Å². The molecule has 0 fully saturated rings. The molecule has 0 radical (unpaired) electrons. The molecule has 2 N–H and O–H groups in total. The first-order chi connectivity index (χ1) is 13.8. The van der Waals surface area contributed by atoms with Crippen LogP contribution in [0.5, 0.6) is 0 Å². The van der Waals surface area contributed by atoms with E-state index in [9.17, 15) is 18.8 Å². The van der Waals surface area contributed by atoms with E-state index in [0.29, 0.717) is 16.8 Å². The summed E-state index contributed by atoms with van der Waals surface area (Å²) in [5.74, 6) is -1.09. The molecular weight excluding hydrogens is 373 g/mol. The van der Waals surface area contributed by atoms with Crippen LogP contribution in [0.3, 0.4) is 0 Å². The van der Waals surface area contributed by atoms with Crippen LogP contribution in [0.15, 0.2) is 71.7 Å². The van der Waals surface area contributed by atoms with Crippen LogP contribution in [0.4, 0.5) is 10.1 Å². The highest BCUT2D eigenvalue weighted by Gasteiger charge is 2.13. The van der Waals surface area contributed by atoms with Crippen LogP contribution >= 0.6 is 0 Å². The Morgan fingerprint density at radius 3 is 2.21 bits per heavy atom. The summed E-state index contributed by atoms with van der Waals surface area (Å²) in [6, 6.07) is 14.9. The number of hydrogen-bond donors (Lipinski definition) is 2. The smallest absolute Gasteiger partial charge is 0.255 e. The molecule has 2 amide bonds. The fraction of sp³-hybridized carbons (Fsp3) is 0.136. The highest BCUT2D eigenvalue weighted by atomic mass is 19.1. The highest BCUT2D eigenvalue weighted by molar-refractivity contribution is 6.04. The van der Waals surface area contributed by atoms with E-state index in [4.69, 9.17) is 0 Å². The standard InChI is InChI=1S/C22H20FN3O3/c1-14(24-22(29)17-11-12-26(2)20(27)13-17)15-5-9-19(10-6-15)25-21(28)16-3-7-18(23)8-4-16/h3-14H,1-2H3,(H,24,29)(H,25,28). The molecule has 3 rings (SSSR count). The Morgan fingerprint density at radius 1 is 0.931 bits per heavy atom. The van der Waals surface area contributed by atoms with Crippen LogP contribution in [0.2, 0.25) is 0 Å². The normalized spacial score (nSPS) is 11.6. The van der Waals surface area contributed by atoms with Gasteiger partial charge in [-0.25, -0.2) is 4.39 Å². The molecule has 7 heteroatoms. The number of aromatic nitrogens is 1. The van der Waals surface area contributed by atoms with E-state index in [2.05, 4.69) is 10.6 Å². The first kappa shape index (κ1) is 20.0. The zero-order valence-corrected chi connectivity index (χ0v) is 16.0. The zero-order chi connectivity index (χ0) is 21.0. The van der Waals surface area contributed by atoms with Gasteiger partial charge >= 0.3 is 0 Å². The molecule has 1 atom stereocenters. The van der Waals surface area contributed by atoms with Gasteiger partial charge in [0.2, 0.25) is 0 Å². The summed E-state index contributed by atoms with van der Waals surface area (Å²) in [6.45, 7) is 1.82. The second-order valence-corrected chi connectivity index (χ2v) is 6.64. The number of nitrogens with zero attached hydrogens (tertiary/aromatic N) is 1. The fourth-order valence-corrected chi connectivity index (χ4v) is 2.71. The van der Waals surface area contributed by atoms with Crippen LogP contribution in [0.1, 0.15) is 39.2 Å². The molecule has 1 aromatic heterocycles. The predicted molar refractivity (Wildman–Crippen MR) is 108 cm³/mol. The Balaban J connectivity index is 1.63. The average Bonchev–Trinajstić information content (AvgIpc) is 2.71. The molecule has 2 aromatic carbocycles.